The Bertz CT molecular complexity index is 671. The van der Waals surface area contributed by atoms with Crippen molar-refractivity contribution >= 4 is 0 Å². The van der Waals surface area contributed by atoms with E-state index in [1.54, 1.807) is 0 Å². The number of aromatic nitrogens is 2. The molecule has 1 N–H and O–H groups in total. The molecule has 2 aliphatic rings. The first kappa shape index (κ1) is 12.8. The molecule has 0 spiro atoms. The van der Waals surface area contributed by atoms with Crippen LogP contribution < -0.4 is 10.1 Å². The maximum atomic E-state index is 12.6. The average Bonchev–Trinajstić information content (AvgIpc) is 3.11. The van der Waals surface area contributed by atoms with E-state index in [9.17, 15) is 8.78 Å². The molecule has 2 aromatic rings. The molecule has 2 atom stereocenters. The number of nitrogens with one attached hydrogen (secondary N) is 1. The molecule has 110 valence electrons. The van der Waals surface area contributed by atoms with Crippen LogP contribution >= 0.6 is 0 Å². The third-order valence-electron chi connectivity index (χ3n) is 4.16. The molecule has 1 saturated heterocycles. The number of nitrogens with zero attached hydrogens (tertiary/aromatic N) is 2. The summed E-state index contributed by atoms with van der Waals surface area (Å²) in [6.07, 6.45) is 5.15. The summed E-state index contributed by atoms with van der Waals surface area (Å²) in [5, 5.41) is 7.15. The first-order valence-corrected chi connectivity index (χ1v) is 7.09. The van der Waals surface area contributed by atoms with Gasteiger partial charge in [0.1, 0.15) is 11.9 Å². The number of halogens is 2. The average molecular weight is 291 g/mol. The summed E-state index contributed by atoms with van der Waals surface area (Å²) in [5.74, 6) is 0.849. The Morgan fingerprint density at radius 2 is 2.24 bits per heavy atom. The lowest BCUT2D eigenvalue weighted by molar-refractivity contribution is 0.0566. The van der Waals surface area contributed by atoms with Crippen LogP contribution in [0.3, 0.4) is 0 Å². The van der Waals surface area contributed by atoms with E-state index in [-0.39, 0.29) is 12.1 Å². The lowest BCUT2D eigenvalue weighted by Gasteiger charge is -2.25. The summed E-state index contributed by atoms with van der Waals surface area (Å²) < 4.78 is 31.8. The summed E-state index contributed by atoms with van der Waals surface area (Å²) in [7, 11) is 0. The Labute approximate surface area is 120 Å². The summed E-state index contributed by atoms with van der Waals surface area (Å²) in [6, 6.07) is 6.13. The fourth-order valence-electron chi connectivity index (χ4n) is 3.13. The van der Waals surface area contributed by atoms with Gasteiger partial charge in [-0.3, -0.25) is 0 Å². The number of hydrogen-bond donors (Lipinski definition) is 1. The van der Waals surface area contributed by atoms with Gasteiger partial charge in [-0.1, -0.05) is 12.1 Å². The first-order valence-electron chi connectivity index (χ1n) is 7.09. The number of piperidine rings is 1. The van der Waals surface area contributed by atoms with Crippen molar-refractivity contribution < 1.29 is 13.5 Å². The standard InChI is InChI=1S/C15H15F2N3O/c16-15(17)20-8-10(7-19-20)9-3-4-11-13(6-9)21-12-2-1-5-18-14(11)12/h3-4,6-8,12,14-15,18H,1-2,5H2/t12-,14-/m0/s1. The molecule has 0 bridgehead atoms. The van der Waals surface area contributed by atoms with Gasteiger partial charge < -0.3 is 10.1 Å². The van der Waals surface area contributed by atoms with Gasteiger partial charge in [-0.25, -0.2) is 4.68 Å². The van der Waals surface area contributed by atoms with Crippen LogP contribution in [0.25, 0.3) is 11.1 Å². The molecular weight excluding hydrogens is 276 g/mol. The van der Waals surface area contributed by atoms with Crippen molar-refractivity contribution in [1.82, 2.24) is 15.1 Å². The van der Waals surface area contributed by atoms with Crippen molar-refractivity contribution in [3.63, 3.8) is 0 Å². The molecule has 1 aromatic heterocycles. The smallest absolute Gasteiger partial charge is 0.333 e. The van der Waals surface area contributed by atoms with E-state index in [0.717, 1.165) is 36.3 Å². The molecule has 1 fully saturated rings. The van der Waals surface area contributed by atoms with Crippen LogP contribution in [0.15, 0.2) is 30.6 Å². The fourth-order valence-corrected chi connectivity index (χ4v) is 3.13. The van der Waals surface area contributed by atoms with Gasteiger partial charge >= 0.3 is 6.55 Å². The van der Waals surface area contributed by atoms with Gasteiger partial charge in [0.05, 0.1) is 12.2 Å². The minimum absolute atomic E-state index is 0.188. The van der Waals surface area contributed by atoms with Gasteiger partial charge in [0.15, 0.2) is 0 Å². The van der Waals surface area contributed by atoms with Crippen LogP contribution in [0.1, 0.15) is 31.0 Å². The van der Waals surface area contributed by atoms with Gasteiger partial charge in [-0.2, -0.15) is 13.9 Å². The molecule has 4 nitrogen and oxygen atoms in total. The van der Waals surface area contributed by atoms with Gasteiger partial charge in [0, 0.05) is 17.3 Å². The minimum atomic E-state index is -2.61. The van der Waals surface area contributed by atoms with Crippen LogP contribution in [-0.4, -0.2) is 22.4 Å². The summed E-state index contributed by atoms with van der Waals surface area (Å²) >= 11 is 0. The summed E-state index contributed by atoms with van der Waals surface area (Å²) in [5.41, 5.74) is 2.67. The summed E-state index contributed by atoms with van der Waals surface area (Å²) in [4.78, 5) is 0. The highest BCUT2D eigenvalue weighted by Crippen LogP contribution is 2.41. The summed E-state index contributed by atoms with van der Waals surface area (Å²) in [6.45, 7) is -1.61. The zero-order valence-corrected chi connectivity index (χ0v) is 11.3. The highest BCUT2D eigenvalue weighted by Gasteiger charge is 2.35. The van der Waals surface area contributed by atoms with Gasteiger partial charge in [0.25, 0.3) is 0 Å². The maximum absolute atomic E-state index is 12.6. The van der Waals surface area contributed by atoms with Crippen LogP contribution in [0.4, 0.5) is 8.78 Å². The zero-order chi connectivity index (χ0) is 14.4. The number of rotatable bonds is 2. The predicted octanol–water partition coefficient (Wildman–Crippen LogP) is 3.13. The second-order valence-electron chi connectivity index (χ2n) is 5.47. The van der Waals surface area contributed by atoms with Crippen molar-refractivity contribution in [2.45, 2.75) is 31.5 Å². The van der Waals surface area contributed by atoms with E-state index >= 15 is 0 Å². The Hall–Kier alpha value is -1.95. The van der Waals surface area contributed by atoms with Crippen molar-refractivity contribution in [2.24, 2.45) is 0 Å². The third kappa shape index (κ3) is 2.10. The van der Waals surface area contributed by atoms with Gasteiger partial charge in [0.2, 0.25) is 0 Å². The lowest BCUT2D eigenvalue weighted by Crippen LogP contribution is -2.36. The van der Waals surface area contributed by atoms with Crippen LogP contribution in [0.5, 0.6) is 5.75 Å². The SMILES string of the molecule is FC(F)n1cc(-c2ccc3c(c2)O[C@H]2CCCN[C@@H]32)cn1. The Morgan fingerprint density at radius 3 is 3.05 bits per heavy atom. The molecule has 3 heterocycles. The van der Waals surface area contributed by atoms with Crippen molar-refractivity contribution in [3.8, 4) is 16.9 Å². The number of fused-ring (bicyclic) bond motifs is 3. The second-order valence-corrected chi connectivity index (χ2v) is 5.47. The topological polar surface area (TPSA) is 39.1 Å². The highest BCUT2D eigenvalue weighted by atomic mass is 19.3. The van der Waals surface area contributed by atoms with Crippen molar-refractivity contribution in [1.29, 1.82) is 0 Å². The Morgan fingerprint density at radius 1 is 1.33 bits per heavy atom. The van der Waals surface area contributed by atoms with Crippen molar-refractivity contribution in [2.75, 3.05) is 6.54 Å². The zero-order valence-electron chi connectivity index (χ0n) is 11.3. The molecule has 1 aromatic carbocycles. The van der Waals surface area contributed by atoms with Crippen LogP contribution in [-0.2, 0) is 0 Å². The molecule has 0 saturated carbocycles. The number of alkyl halides is 2. The molecular formula is C15H15F2N3O. The van der Waals surface area contributed by atoms with Crippen molar-refractivity contribution in [3.05, 3.63) is 36.2 Å². The molecule has 21 heavy (non-hydrogen) atoms. The molecule has 6 heteroatoms. The normalized spacial score (nSPS) is 23.8. The molecule has 4 rings (SSSR count). The van der Waals surface area contributed by atoms with E-state index in [4.69, 9.17) is 4.74 Å². The number of benzene rings is 1. The molecule has 0 amide bonds. The van der Waals surface area contributed by atoms with Gasteiger partial charge in [-0.05, 0) is 31.0 Å². The highest BCUT2D eigenvalue weighted by molar-refractivity contribution is 5.65. The molecule has 0 radical (unpaired) electrons. The Balaban J connectivity index is 1.67. The van der Waals surface area contributed by atoms with E-state index in [1.807, 2.05) is 18.2 Å². The van der Waals surface area contributed by atoms with E-state index in [0.29, 0.717) is 10.2 Å². The van der Waals surface area contributed by atoms with Gasteiger partial charge in [-0.15, -0.1) is 0 Å². The monoisotopic (exact) mass is 291 g/mol. The fraction of sp³-hybridized carbons (Fsp3) is 0.400. The molecule has 2 aliphatic heterocycles. The minimum Gasteiger partial charge on any atom is -0.488 e. The second kappa shape index (κ2) is 4.80. The molecule has 0 aliphatic carbocycles. The van der Waals surface area contributed by atoms with E-state index < -0.39 is 6.55 Å². The maximum Gasteiger partial charge on any atom is 0.333 e. The molecule has 0 unspecified atom stereocenters. The van der Waals surface area contributed by atoms with Crippen LogP contribution in [0.2, 0.25) is 0 Å². The third-order valence-corrected chi connectivity index (χ3v) is 4.16. The van der Waals surface area contributed by atoms with E-state index in [2.05, 4.69) is 10.4 Å². The number of hydrogen-bond acceptors (Lipinski definition) is 3. The quantitative estimate of drug-likeness (QED) is 0.924. The van der Waals surface area contributed by atoms with E-state index in [1.165, 1.54) is 12.4 Å². The lowest BCUT2D eigenvalue weighted by atomic mass is 9.96. The predicted molar refractivity (Wildman–Crippen MR) is 73.3 cm³/mol. The first-order chi connectivity index (χ1) is 10.2. The number of ether oxygens (including phenoxy) is 1. The Kier molecular flexibility index (Phi) is 2.92. The van der Waals surface area contributed by atoms with Crippen LogP contribution in [0, 0.1) is 0 Å². The largest absolute Gasteiger partial charge is 0.488 e.